The van der Waals surface area contributed by atoms with Crippen molar-refractivity contribution in [1.29, 1.82) is 0 Å². The number of hydrogen-bond donors (Lipinski definition) is 1. The summed E-state index contributed by atoms with van der Waals surface area (Å²) in [4.78, 5) is 2.35. The van der Waals surface area contributed by atoms with Crippen molar-refractivity contribution >= 4 is 11.4 Å². The van der Waals surface area contributed by atoms with Gasteiger partial charge in [-0.2, -0.15) is 0 Å². The average molecular weight is 268 g/mol. The topological polar surface area (TPSA) is 38.5 Å². The van der Waals surface area contributed by atoms with Gasteiger partial charge in [-0.15, -0.1) is 0 Å². The maximum atomic E-state index is 5.85. The first-order chi connectivity index (χ1) is 9.76. The molecular formula is C17H20N2O. The van der Waals surface area contributed by atoms with Crippen molar-refractivity contribution < 1.29 is 4.74 Å². The maximum Gasteiger partial charge on any atom is 0.119 e. The highest BCUT2D eigenvalue weighted by atomic mass is 16.5. The Balaban J connectivity index is 1.72. The Bertz CT molecular complexity index is 592. The van der Waals surface area contributed by atoms with Crippen molar-refractivity contribution in [3.05, 3.63) is 53.6 Å². The van der Waals surface area contributed by atoms with Crippen molar-refractivity contribution in [1.82, 2.24) is 0 Å². The van der Waals surface area contributed by atoms with E-state index in [4.69, 9.17) is 10.5 Å². The molecule has 0 atom stereocenters. The lowest BCUT2D eigenvalue weighted by atomic mass is 10.1. The Morgan fingerprint density at radius 3 is 2.55 bits per heavy atom. The number of nitrogens with two attached hydrogens (primary N) is 1. The van der Waals surface area contributed by atoms with Crippen LogP contribution < -0.4 is 15.4 Å². The van der Waals surface area contributed by atoms with Crippen LogP contribution in [0.1, 0.15) is 24.5 Å². The van der Waals surface area contributed by atoms with E-state index < -0.39 is 0 Å². The third-order valence-corrected chi connectivity index (χ3v) is 3.63. The highest BCUT2D eigenvalue weighted by molar-refractivity contribution is 5.56. The van der Waals surface area contributed by atoms with Gasteiger partial charge in [-0.05, 0) is 53.9 Å². The van der Waals surface area contributed by atoms with E-state index in [0.717, 1.165) is 37.6 Å². The Morgan fingerprint density at radius 2 is 1.80 bits per heavy atom. The molecule has 0 unspecified atom stereocenters. The zero-order valence-electron chi connectivity index (χ0n) is 11.8. The molecule has 1 aliphatic rings. The summed E-state index contributed by atoms with van der Waals surface area (Å²) < 4.78 is 5.62. The molecule has 0 aliphatic carbocycles. The molecule has 3 rings (SSSR count). The first-order valence-electron chi connectivity index (χ1n) is 7.11. The SMILES string of the molecule is CCCOc1ccc(N2Cc3ccc(N)cc3C2)cc1. The molecule has 0 saturated heterocycles. The average Bonchev–Trinajstić information content (AvgIpc) is 2.88. The van der Waals surface area contributed by atoms with Crippen LogP contribution in [0.5, 0.6) is 5.75 Å². The van der Waals surface area contributed by atoms with Gasteiger partial charge in [0, 0.05) is 24.5 Å². The van der Waals surface area contributed by atoms with Gasteiger partial charge in [0.1, 0.15) is 5.75 Å². The van der Waals surface area contributed by atoms with Crippen LogP contribution in [-0.4, -0.2) is 6.61 Å². The molecule has 0 saturated carbocycles. The van der Waals surface area contributed by atoms with Gasteiger partial charge >= 0.3 is 0 Å². The summed E-state index contributed by atoms with van der Waals surface area (Å²) >= 11 is 0. The van der Waals surface area contributed by atoms with Crippen LogP contribution in [0.25, 0.3) is 0 Å². The van der Waals surface area contributed by atoms with E-state index in [2.05, 4.69) is 36.1 Å². The van der Waals surface area contributed by atoms with Crippen LogP contribution in [0.4, 0.5) is 11.4 Å². The van der Waals surface area contributed by atoms with Crippen molar-refractivity contribution in [2.24, 2.45) is 0 Å². The minimum atomic E-state index is 0.772. The zero-order chi connectivity index (χ0) is 13.9. The van der Waals surface area contributed by atoms with Gasteiger partial charge < -0.3 is 15.4 Å². The fourth-order valence-corrected chi connectivity index (χ4v) is 2.57. The fourth-order valence-electron chi connectivity index (χ4n) is 2.57. The Morgan fingerprint density at radius 1 is 1.05 bits per heavy atom. The van der Waals surface area contributed by atoms with Crippen LogP contribution in [-0.2, 0) is 13.1 Å². The number of rotatable bonds is 4. The zero-order valence-corrected chi connectivity index (χ0v) is 11.8. The molecule has 0 amide bonds. The van der Waals surface area contributed by atoms with Crippen molar-refractivity contribution in [3.8, 4) is 5.75 Å². The molecule has 2 aromatic carbocycles. The number of ether oxygens (including phenoxy) is 1. The third-order valence-electron chi connectivity index (χ3n) is 3.63. The smallest absolute Gasteiger partial charge is 0.119 e. The molecule has 2 aromatic rings. The summed E-state index contributed by atoms with van der Waals surface area (Å²) in [5, 5.41) is 0. The Labute approximate surface area is 120 Å². The summed E-state index contributed by atoms with van der Waals surface area (Å²) in [6.07, 6.45) is 1.03. The van der Waals surface area contributed by atoms with E-state index in [9.17, 15) is 0 Å². The minimum Gasteiger partial charge on any atom is -0.494 e. The summed E-state index contributed by atoms with van der Waals surface area (Å²) in [6, 6.07) is 14.5. The monoisotopic (exact) mass is 268 g/mol. The van der Waals surface area contributed by atoms with Crippen LogP contribution in [0, 0.1) is 0 Å². The largest absolute Gasteiger partial charge is 0.494 e. The van der Waals surface area contributed by atoms with Crippen LogP contribution in [0.3, 0.4) is 0 Å². The Kier molecular flexibility index (Phi) is 3.50. The molecule has 104 valence electrons. The number of nitrogens with zero attached hydrogens (tertiary/aromatic N) is 1. The summed E-state index contributed by atoms with van der Waals surface area (Å²) in [7, 11) is 0. The van der Waals surface area contributed by atoms with Gasteiger partial charge in [-0.3, -0.25) is 0 Å². The van der Waals surface area contributed by atoms with Gasteiger partial charge in [0.15, 0.2) is 0 Å². The lowest BCUT2D eigenvalue weighted by Gasteiger charge is -2.18. The predicted molar refractivity (Wildman–Crippen MR) is 83.0 cm³/mol. The second-order valence-electron chi connectivity index (χ2n) is 5.23. The van der Waals surface area contributed by atoms with Crippen molar-refractivity contribution in [3.63, 3.8) is 0 Å². The van der Waals surface area contributed by atoms with Crippen molar-refractivity contribution in [2.45, 2.75) is 26.4 Å². The molecule has 0 spiro atoms. The molecule has 0 aromatic heterocycles. The predicted octanol–water partition coefficient (Wildman–Crippen LogP) is 3.58. The summed E-state index contributed by atoms with van der Waals surface area (Å²) in [6.45, 7) is 4.76. The number of anilines is 2. The third kappa shape index (κ3) is 2.57. The molecule has 0 bridgehead atoms. The van der Waals surface area contributed by atoms with Gasteiger partial charge in [-0.1, -0.05) is 13.0 Å². The van der Waals surface area contributed by atoms with Gasteiger partial charge in [0.2, 0.25) is 0 Å². The van der Waals surface area contributed by atoms with E-state index in [1.807, 2.05) is 18.2 Å². The lowest BCUT2D eigenvalue weighted by Crippen LogP contribution is -2.14. The number of nitrogen functional groups attached to an aromatic ring is 1. The van der Waals surface area contributed by atoms with Crippen LogP contribution >= 0.6 is 0 Å². The molecule has 2 N–H and O–H groups in total. The lowest BCUT2D eigenvalue weighted by molar-refractivity contribution is 0.317. The second kappa shape index (κ2) is 5.45. The second-order valence-corrected chi connectivity index (χ2v) is 5.23. The number of hydrogen-bond acceptors (Lipinski definition) is 3. The van der Waals surface area contributed by atoms with Gasteiger partial charge in [0.05, 0.1) is 6.61 Å². The van der Waals surface area contributed by atoms with Crippen LogP contribution in [0.15, 0.2) is 42.5 Å². The van der Waals surface area contributed by atoms with Gasteiger partial charge in [0.25, 0.3) is 0 Å². The number of fused-ring (bicyclic) bond motifs is 1. The van der Waals surface area contributed by atoms with Crippen LogP contribution in [0.2, 0.25) is 0 Å². The normalized spacial score (nSPS) is 13.3. The molecule has 1 aliphatic heterocycles. The highest BCUT2D eigenvalue weighted by Gasteiger charge is 2.19. The van der Waals surface area contributed by atoms with Crippen molar-refractivity contribution in [2.75, 3.05) is 17.2 Å². The van der Waals surface area contributed by atoms with Gasteiger partial charge in [-0.25, -0.2) is 0 Å². The highest BCUT2D eigenvalue weighted by Crippen LogP contribution is 2.30. The molecule has 0 radical (unpaired) electrons. The molecule has 3 heteroatoms. The molecule has 3 nitrogen and oxygen atoms in total. The first kappa shape index (κ1) is 12.9. The summed E-state index contributed by atoms with van der Waals surface area (Å²) in [5.41, 5.74) is 10.6. The van der Waals surface area contributed by atoms with E-state index in [0.29, 0.717) is 0 Å². The quantitative estimate of drug-likeness (QED) is 0.861. The Hall–Kier alpha value is -2.16. The van der Waals surface area contributed by atoms with E-state index in [1.165, 1.54) is 16.8 Å². The molecule has 1 heterocycles. The summed E-state index contributed by atoms with van der Waals surface area (Å²) in [5.74, 6) is 0.941. The van der Waals surface area contributed by atoms with E-state index >= 15 is 0 Å². The molecular weight excluding hydrogens is 248 g/mol. The first-order valence-corrected chi connectivity index (χ1v) is 7.11. The number of benzene rings is 2. The van der Waals surface area contributed by atoms with E-state index in [1.54, 1.807) is 0 Å². The molecule has 0 fully saturated rings. The fraction of sp³-hybridized carbons (Fsp3) is 0.294. The van der Waals surface area contributed by atoms with E-state index in [-0.39, 0.29) is 0 Å². The minimum absolute atomic E-state index is 0.772. The maximum absolute atomic E-state index is 5.85. The standard InChI is InChI=1S/C17H20N2O/c1-2-9-20-17-7-5-16(6-8-17)19-11-13-3-4-15(18)10-14(13)12-19/h3-8,10H,2,9,11-12,18H2,1H3. The molecule has 20 heavy (non-hydrogen) atoms.